The third kappa shape index (κ3) is 4.07. The van der Waals surface area contributed by atoms with E-state index in [2.05, 4.69) is 6.58 Å². The van der Waals surface area contributed by atoms with Gasteiger partial charge in [-0.15, -0.1) is 6.58 Å². The summed E-state index contributed by atoms with van der Waals surface area (Å²) in [6.45, 7) is 3.29. The van der Waals surface area contributed by atoms with Crippen LogP contribution in [0.15, 0.2) is 24.3 Å². The minimum atomic E-state index is -1.45. The SMILES string of the molecule is C=CCC(O)/C(=C/C(=O)O)C(=O)O. The Bertz CT molecular complexity index is 253. The first-order chi connectivity index (χ1) is 5.99. The van der Waals surface area contributed by atoms with Crippen LogP contribution in [0.2, 0.25) is 0 Å². The van der Waals surface area contributed by atoms with Gasteiger partial charge >= 0.3 is 11.9 Å². The van der Waals surface area contributed by atoms with Crippen molar-refractivity contribution in [2.45, 2.75) is 12.5 Å². The average Bonchev–Trinajstić information content (AvgIpc) is 1.99. The predicted octanol–water partition coefficient (Wildman–Crippen LogP) is 0.0190. The lowest BCUT2D eigenvalue weighted by molar-refractivity contribution is -0.136. The Balaban J connectivity index is 4.70. The van der Waals surface area contributed by atoms with Crippen molar-refractivity contribution >= 4 is 11.9 Å². The van der Waals surface area contributed by atoms with E-state index < -0.39 is 23.6 Å². The number of carboxylic acids is 2. The van der Waals surface area contributed by atoms with Crippen molar-refractivity contribution in [3.8, 4) is 0 Å². The zero-order valence-corrected chi connectivity index (χ0v) is 6.80. The highest BCUT2D eigenvalue weighted by Gasteiger charge is 2.17. The lowest BCUT2D eigenvalue weighted by Gasteiger charge is -2.07. The Hall–Kier alpha value is -1.62. The molecule has 0 spiro atoms. The highest BCUT2D eigenvalue weighted by atomic mass is 16.4. The van der Waals surface area contributed by atoms with Gasteiger partial charge in [-0.05, 0) is 6.42 Å². The van der Waals surface area contributed by atoms with E-state index in [4.69, 9.17) is 15.3 Å². The van der Waals surface area contributed by atoms with Gasteiger partial charge in [0.25, 0.3) is 0 Å². The van der Waals surface area contributed by atoms with Crippen molar-refractivity contribution in [2.24, 2.45) is 0 Å². The molecule has 0 bridgehead atoms. The van der Waals surface area contributed by atoms with E-state index in [9.17, 15) is 9.59 Å². The van der Waals surface area contributed by atoms with E-state index >= 15 is 0 Å². The number of rotatable bonds is 5. The molecule has 1 unspecified atom stereocenters. The zero-order valence-electron chi connectivity index (χ0n) is 6.80. The third-order valence-corrected chi connectivity index (χ3v) is 1.27. The molecule has 13 heavy (non-hydrogen) atoms. The van der Waals surface area contributed by atoms with Crippen LogP contribution in [-0.2, 0) is 9.59 Å². The second-order valence-corrected chi connectivity index (χ2v) is 2.28. The van der Waals surface area contributed by atoms with E-state index in [0.717, 1.165) is 0 Å². The predicted molar refractivity (Wildman–Crippen MR) is 44.2 cm³/mol. The molecule has 3 N–H and O–H groups in total. The molecule has 0 saturated carbocycles. The maximum absolute atomic E-state index is 10.4. The number of carbonyl (C=O) groups is 2. The van der Waals surface area contributed by atoms with Crippen molar-refractivity contribution in [2.75, 3.05) is 0 Å². The van der Waals surface area contributed by atoms with Gasteiger partial charge in [0, 0.05) is 6.08 Å². The summed E-state index contributed by atoms with van der Waals surface area (Å²) in [5, 5.41) is 25.9. The lowest BCUT2D eigenvalue weighted by Crippen LogP contribution is -2.18. The quantitative estimate of drug-likeness (QED) is 0.415. The van der Waals surface area contributed by atoms with Gasteiger partial charge in [-0.2, -0.15) is 0 Å². The number of aliphatic hydroxyl groups is 1. The van der Waals surface area contributed by atoms with Gasteiger partial charge in [-0.25, -0.2) is 9.59 Å². The van der Waals surface area contributed by atoms with E-state index in [1.807, 2.05) is 0 Å². The number of aliphatic hydroxyl groups excluding tert-OH is 1. The molecule has 0 fully saturated rings. The van der Waals surface area contributed by atoms with Crippen molar-refractivity contribution in [3.63, 3.8) is 0 Å². The maximum Gasteiger partial charge on any atom is 0.334 e. The van der Waals surface area contributed by atoms with E-state index in [0.29, 0.717) is 6.08 Å². The standard InChI is InChI=1S/C8H10O5/c1-2-3-6(9)5(8(12)13)4-7(10)11/h2,4,6,9H,1,3H2,(H,10,11)(H,12,13)/b5-4-. The summed E-state index contributed by atoms with van der Waals surface area (Å²) in [4.78, 5) is 20.6. The largest absolute Gasteiger partial charge is 0.478 e. The summed E-state index contributed by atoms with van der Waals surface area (Å²) < 4.78 is 0. The molecule has 5 nitrogen and oxygen atoms in total. The molecule has 0 aromatic rings. The van der Waals surface area contributed by atoms with Gasteiger partial charge in [0.15, 0.2) is 0 Å². The first-order valence-electron chi connectivity index (χ1n) is 3.45. The molecule has 0 aliphatic carbocycles. The molecule has 0 aliphatic rings. The number of aliphatic carboxylic acids is 2. The Morgan fingerprint density at radius 1 is 1.38 bits per heavy atom. The maximum atomic E-state index is 10.4. The fourth-order valence-electron chi connectivity index (χ4n) is 0.718. The highest BCUT2D eigenvalue weighted by molar-refractivity contribution is 5.95. The molecular formula is C8H10O5. The summed E-state index contributed by atoms with van der Waals surface area (Å²) in [6.07, 6.45) is 0.455. The van der Waals surface area contributed by atoms with Gasteiger partial charge in [-0.1, -0.05) is 6.08 Å². The van der Waals surface area contributed by atoms with E-state index in [1.54, 1.807) is 0 Å². The van der Waals surface area contributed by atoms with Gasteiger partial charge in [0.05, 0.1) is 11.7 Å². The first kappa shape index (κ1) is 11.4. The van der Waals surface area contributed by atoms with Crippen molar-refractivity contribution in [1.82, 2.24) is 0 Å². The minimum absolute atomic E-state index is 0.00537. The molecule has 0 rings (SSSR count). The summed E-state index contributed by atoms with van der Waals surface area (Å²) >= 11 is 0. The first-order valence-corrected chi connectivity index (χ1v) is 3.45. The topological polar surface area (TPSA) is 94.8 Å². The second-order valence-electron chi connectivity index (χ2n) is 2.28. The molecule has 0 aromatic carbocycles. The van der Waals surface area contributed by atoms with Gasteiger partial charge < -0.3 is 15.3 Å². The van der Waals surface area contributed by atoms with Gasteiger partial charge in [0.2, 0.25) is 0 Å². The molecule has 0 saturated heterocycles. The molecule has 0 aliphatic heterocycles. The van der Waals surface area contributed by atoms with E-state index in [1.165, 1.54) is 6.08 Å². The fraction of sp³-hybridized carbons (Fsp3) is 0.250. The average molecular weight is 186 g/mol. The molecule has 5 heteroatoms. The van der Waals surface area contributed by atoms with Crippen LogP contribution in [0.4, 0.5) is 0 Å². The Morgan fingerprint density at radius 3 is 2.23 bits per heavy atom. The summed E-state index contributed by atoms with van der Waals surface area (Å²) in [6, 6.07) is 0. The van der Waals surface area contributed by atoms with Crippen molar-refractivity contribution < 1.29 is 24.9 Å². The van der Waals surface area contributed by atoms with Crippen LogP contribution in [0.5, 0.6) is 0 Å². The molecule has 1 atom stereocenters. The minimum Gasteiger partial charge on any atom is -0.478 e. The van der Waals surface area contributed by atoms with Crippen LogP contribution >= 0.6 is 0 Å². The second kappa shape index (κ2) is 5.10. The number of hydrogen-bond acceptors (Lipinski definition) is 3. The molecule has 0 radical (unpaired) electrons. The normalized spacial score (nSPS) is 13.5. The van der Waals surface area contributed by atoms with Crippen LogP contribution in [0, 0.1) is 0 Å². The van der Waals surface area contributed by atoms with Gasteiger partial charge in [-0.3, -0.25) is 0 Å². The Labute approximate surface area is 74.6 Å². The molecule has 72 valence electrons. The monoisotopic (exact) mass is 186 g/mol. The van der Waals surface area contributed by atoms with Gasteiger partial charge in [0.1, 0.15) is 0 Å². The number of carboxylic acid groups (broad SMARTS) is 2. The smallest absolute Gasteiger partial charge is 0.334 e. The summed E-state index contributed by atoms with van der Waals surface area (Å²) in [5.41, 5.74) is -0.549. The van der Waals surface area contributed by atoms with Crippen LogP contribution in [0.3, 0.4) is 0 Å². The van der Waals surface area contributed by atoms with Crippen LogP contribution < -0.4 is 0 Å². The molecule has 0 amide bonds. The molecule has 0 heterocycles. The lowest BCUT2D eigenvalue weighted by atomic mass is 10.1. The fourth-order valence-corrected chi connectivity index (χ4v) is 0.718. The van der Waals surface area contributed by atoms with Crippen molar-refractivity contribution in [3.05, 3.63) is 24.3 Å². The van der Waals surface area contributed by atoms with Crippen LogP contribution in [-0.4, -0.2) is 33.4 Å². The Kier molecular flexibility index (Phi) is 4.47. The molecular weight excluding hydrogens is 176 g/mol. The van der Waals surface area contributed by atoms with E-state index in [-0.39, 0.29) is 6.42 Å². The zero-order chi connectivity index (χ0) is 10.4. The summed E-state index contributed by atoms with van der Waals surface area (Å²) in [5.74, 6) is -2.85. The number of hydrogen-bond donors (Lipinski definition) is 3. The molecule has 0 aromatic heterocycles. The summed E-state index contributed by atoms with van der Waals surface area (Å²) in [7, 11) is 0. The van der Waals surface area contributed by atoms with Crippen molar-refractivity contribution in [1.29, 1.82) is 0 Å². The highest BCUT2D eigenvalue weighted by Crippen LogP contribution is 2.07. The van der Waals surface area contributed by atoms with Crippen LogP contribution in [0.25, 0.3) is 0 Å². The van der Waals surface area contributed by atoms with Crippen LogP contribution in [0.1, 0.15) is 6.42 Å². The third-order valence-electron chi connectivity index (χ3n) is 1.27. The Morgan fingerprint density at radius 2 is 1.92 bits per heavy atom.